The zero-order chi connectivity index (χ0) is 58.4. The van der Waals surface area contributed by atoms with E-state index in [4.69, 9.17) is 38.6 Å². The number of carbonyl (C=O) groups excluding carboxylic acids is 1. The minimum atomic E-state index is -3.49. The minimum absolute atomic E-state index is 0. The predicted molar refractivity (Wildman–Crippen MR) is 371 cm³/mol. The van der Waals surface area contributed by atoms with Gasteiger partial charge in [0.2, 0.25) is 0 Å². The van der Waals surface area contributed by atoms with Crippen LogP contribution in [-0.2, 0) is 68.2 Å². The first-order valence-corrected chi connectivity index (χ1v) is 51.8. The molecule has 0 bridgehead atoms. The van der Waals surface area contributed by atoms with Gasteiger partial charge in [0, 0.05) is 137 Å². The van der Waals surface area contributed by atoms with E-state index in [0.29, 0.717) is 84.0 Å². The Morgan fingerprint density at radius 1 is 0.543 bits per heavy atom. The molecule has 0 atom stereocenters. The molecule has 3 saturated heterocycles. The molecule has 2 saturated carbocycles. The summed E-state index contributed by atoms with van der Waals surface area (Å²) < 4.78 is 86.5. The smallest absolute Gasteiger partial charge is 0.172 e. The fraction of sp³-hybridized carbons (Fsp3) is 0.545. The van der Waals surface area contributed by atoms with Crippen molar-refractivity contribution in [3.8, 4) is 22.3 Å². The Kier molecular flexibility index (Phi) is 31.3. The molecule has 3 aliphatic heterocycles. The van der Waals surface area contributed by atoms with Gasteiger partial charge < -0.3 is 38.6 Å². The van der Waals surface area contributed by atoms with Crippen LogP contribution in [0.2, 0.25) is 0 Å². The summed E-state index contributed by atoms with van der Waals surface area (Å²) in [6, 6.07) is 26.6. The Bertz CT molecular complexity index is 2770. The van der Waals surface area contributed by atoms with Crippen molar-refractivity contribution in [2.75, 3.05) is 77.7 Å². The third kappa shape index (κ3) is 19.9. The van der Waals surface area contributed by atoms with E-state index in [1.807, 2.05) is 0 Å². The first kappa shape index (κ1) is 74.1. The molecule has 4 aromatic carbocycles. The van der Waals surface area contributed by atoms with Crippen LogP contribution in [0, 0.1) is 0 Å². The Morgan fingerprint density at radius 2 is 0.877 bits per heavy atom. The van der Waals surface area contributed by atoms with E-state index in [9.17, 15) is 21.6 Å². The number of aliphatic hydroxyl groups excluding tert-OH is 2. The van der Waals surface area contributed by atoms with Crippen LogP contribution in [0.3, 0.4) is 0 Å². The number of ketones is 1. The second-order valence-electron chi connectivity index (χ2n) is 20.3. The van der Waals surface area contributed by atoms with Crippen molar-refractivity contribution in [3.05, 3.63) is 113 Å². The molecular weight excluding hydrogens is 2030 g/mol. The van der Waals surface area contributed by atoms with Crippen LogP contribution in [-0.4, -0.2) is 128 Å². The number of halogens is 10. The molecule has 4 aromatic rings. The van der Waals surface area contributed by atoms with Gasteiger partial charge in [0.05, 0.1) is 58.3 Å². The van der Waals surface area contributed by atoms with E-state index < -0.39 is 31.5 Å². The molecule has 81 heavy (non-hydrogen) atoms. The van der Waals surface area contributed by atoms with Gasteiger partial charge in [-0.2, -0.15) is 8.42 Å². The van der Waals surface area contributed by atoms with Gasteiger partial charge in [0.15, 0.2) is 17.4 Å². The van der Waals surface area contributed by atoms with E-state index in [-0.39, 0.29) is 72.6 Å². The Labute approximate surface area is 581 Å². The van der Waals surface area contributed by atoms with Crippen LogP contribution in [0.1, 0.15) is 106 Å². The number of aliphatic hydroxyl groups is 2. The summed E-state index contributed by atoms with van der Waals surface area (Å²) in [7, 11) is -6.52. The fourth-order valence-electron chi connectivity index (χ4n) is 11.9. The predicted octanol–water partition coefficient (Wildman–Crippen LogP) is 12.0. The number of rotatable bonds is 12. The maximum Gasteiger partial charge on any atom is 0.172 e. The molecule has 26 heteroatoms. The van der Waals surface area contributed by atoms with E-state index in [1.54, 1.807) is 0 Å². The molecule has 3 heterocycles. The monoisotopic (exact) mass is 2090 g/mol. The molecule has 5 fully saturated rings. The van der Waals surface area contributed by atoms with Crippen LogP contribution >= 0.6 is 162 Å². The molecule has 0 aromatic heterocycles. The maximum atomic E-state index is 11.7. The molecule has 4 aliphatic carbocycles. The maximum absolute atomic E-state index is 11.7. The van der Waals surface area contributed by atoms with Gasteiger partial charge in [0.25, 0.3) is 10.1 Å². The van der Waals surface area contributed by atoms with E-state index in [0.717, 1.165) is 75.9 Å². The molecule has 7 aliphatic rings. The van der Waals surface area contributed by atoms with Crippen LogP contribution < -0.4 is 13.3 Å². The fourth-order valence-corrected chi connectivity index (χ4v) is 14.4. The van der Waals surface area contributed by atoms with E-state index in [1.165, 1.54) is 50.8 Å². The first-order chi connectivity index (χ1) is 38.1. The van der Waals surface area contributed by atoms with Crippen molar-refractivity contribution >= 4 is 188 Å². The van der Waals surface area contributed by atoms with Gasteiger partial charge in [-0.05, 0) is 125 Å². The molecule has 11 rings (SSSR count). The molecule has 0 unspecified atom stereocenters. The molecule has 2 N–H and O–H groups in total. The molecule has 0 radical (unpaired) electrons. The number of sulfone groups is 1. The zero-order valence-electron chi connectivity index (χ0n) is 44.6. The van der Waals surface area contributed by atoms with Gasteiger partial charge in [-0.15, -0.1) is 24.0 Å². The van der Waals surface area contributed by atoms with Crippen molar-refractivity contribution in [2.24, 2.45) is 0 Å². The average Bonchev–Trinajstić information content (AvgIpc) is 4.43. The van der Waals surface area contributed by atoms with E-state index >= 15 is 0 Å². The number of Topliss-reactive ketones (excluding diaryl/α,β-unsaturated/α-hetero) is 1. The van der Waals surface area contributed by atoms with Gasteiger partial charge >= 0.3 is 50.5 Å². The van der Waals surface area contributed by atoms with Gasteiger partial charge in [-0.1, -0.05) is 88.0 Å². The van der Waals surface area contributed by atoms with Gasteiger partial charge in [0.1, 0.15) is 15.6 Å². The van der Waals surface area contributed by atoms with Crippen molar-refractivity contribution in [1.29, 1.82) is 0 Å². The van der Waals surface area contributed by atoms with E-state index in [2.05, 4.69) is 215 Å². The van der Waals surface area contributed by atoms with Gasteiger partial charge in [-0.3, -0.25) is 8.98 Å². The second kappa shape index (κ2) is 34.2. The van der Waals surface area contributed by atoms with Crippen molar-refractivity contribution in [2.45, 2.75) is 112 Å². The number of hydrogen-bond acceptors (Lipinski definition) is 14. The van der Waals surface area contributed by atoms with Gasteiger partial charge in [-0.25, -0.2) is 8.42 Å². The molecule has 454 valence electrons. The topological polar surface area (TPSA) is 190 Å². The summed E-state index contributed by atoms with van der Waals surface area (Å²) in [6.07, 6.45) is 11.4. The minimum Gasteiger partial charge on any atom is -0.396 e. The Balaban J connectivity index is 0.000000197. The number of carbonyl (C=O) groups is 1. The standard InChI is InChI=1S/C20H18Br2O2.C18H14Br2O.C10H20O7S2.C7H14O4.I3.I2.HI/c21-13-1-3-15-16-4-2-14(22)12-18(16)19(17(15)11-13)5-7-20(8-6-19)23-9-10-24-20;19-11-1-3-14-15-4-2-12(20)10-17(15)18(16(14)9-11)7-5-13(21)6-8-18;1-18(11,12)9-3-4-10(15-7-8-16-10)5-6-17-19(2,13)14;8-3-1-7(2-4-9)10-5-6-11-7;1-3-2;1-2;/h1-4,11-12H,5-10H2;1-4,9-10H,5-8H2;3-9H2,1-2H3;8-9H,1-6H2;;;1H/q;;;;-1;;. The number of hydrogen-bond donors (Lipinski definition) is 2. The summed E-state index contributed by atoms with van der Waals surface area (Å²) in [4.78, 5) is 11.7. The molecule has 14 nitrogen and oxygen atoms in total. The first-order valence-electron chi connectivity index (χ1n) is 25.9. The largest absolute Gasteiger partial charge is 0.396 e. The van der Waals surface area contributed by atoms with Crippen LogP contribution in [0.15, 0.2) is 90.7 Å². The third-order valence-corrected chi connectivity index (χ3v) is 19.0. The van der Waals surface area contributed by atoms with Crippen LogP contribution in [0.5, 0.6) is 0 Å². The normalized spacial score (nSPS) is 19.6. The van der Waals surface area contributed by atoms with Crippen molar-refractivity contribution < 1.29 is 77.7 Å². The number of fused-ring (bicyclic) bond motifs is 10. The average molecular weight is 2100 g/mol. The summed E-state index contributed by atoms with van der Waals surface area (Å²) in [6.45, 7) is 3.42. The number of ether oxygens (including phenoxy) is 6. The SMILES string of the molecule is Brc1ccc2c(c1)C1(CCC3(CC1)OCCO3)c1cc(Br)ccc1-2.CS(=O)(=O)CCCC1(CCOS(C)(=O)=O)OCCO1.I.II.I[I-]I.O=C1CCC2(CC1)c1cc(Br)ccc1-c1ccc(Br)cc12.OCCC1(CCO)OCCO1. The molecule has 0 amide bonds. The summed E-state index contributed by atoms with van der Waals surface area (Å²) in [5.41, 5.74) is 11.2. The van der Waals surface area contributed by atoms with Crippen LogP contribution in [0.25, 0.3) is 22.3 Å². The molecular formula is C55H67Br4I6O14S2-. The third-order valence-electron chi connectivity index (χ3n) is 15.4. The van der Waals surface area contributed by atoms with Crippen molar-refractivity contribution in [1.82, 2.24) is 0 Å². The summed E-state index contributed by atoms with van der Waals surface area (Å²) in [5, 5.41) is 17.4. The summed E-state index contributed by atoms with van der Waals surface area (Å²) in [5.74, 6) is -1.50. The second-order valence-corrected chi connectivity index (χ2v) is 44.1. The Hall–Kier alpha value is 2.39. The summed E-state index contributed by atoms with van der Waals surface area (Å²) >= 11 is 24.1. The van der Waals surface area contributed by atoms with Crippen LogP contribution in [0.4, 0.5) is 0 Å². The zero-order valence-corrected chi connectivity index (χ0v) is 65.7. The number of benzene rings is 4. The molecule has 3 spiro atoms. The van der Waals surface area contributed by atoms with Crippen molar-refractivity contribution in [3.63, 3.8) is 0 Å². The Morgan fingerprint density at radius 3 is 1.21 bits per heavy atom. The quantitative estimate of drug-likeness (QED) is 0.101.